The zero-order valence-electron chi connectivity index (χ0n) is 22.4. The molecule has 0 saturated heterocycles. The fourth-order valence-corrected chi connectivity index (χ4v) is 5.60. The molecule has 0 bridgehead atoms. The summed E-state index contributed by atoms with van der Waals surface area (Å²) >= 11 is 0. The van der Waals surface area contributed by atoms with Crippen molar-refractivity contribution in [2.75, 3.05) is 31.5 Å². The number of carbonyl (C=O) groups excluding carboxylic acids is 2. The lowest BCUT2D eigenvalue weighted by atomic mass is 9.78. The monoisotopic (exact) mass is 530 g/mol. The first kappa shape index (κ1) is 26.3. The Kier molecular flexibility index (Phi) is 7.28. The number of ether oxygens (including phenoxy) is 3. The van der Waals surface area contributed by atoms with Gasteiger partial charge in [-0.1, -0.05) is 31.2 Å². The van der Waals surface area contributed by atoms with E-state index in [4.69, 9.17) is 14.2 Å². The summed E-state index contributed by atoms with van der Waals surface area (Å²) in [5, 5.41) is 3.48. The van der Waals surface area contributed by atoms with Crippen molar-refractivity contribution in [2.45, 2.75) is 38.1 Å². The molecule has 0 spiro atoms. The van der Waals surface area contributed by atoms with Gasteiger partial charge in [0.05, 0.1) is 38.7 Å². The van der Waals surface area contributed by atoms with Gasteiger partial charge in [-0.15, -0.1) is 0 Å². The second kappa shape index (κ2) is 10.8. The lowest BCUT2D eigenvalue weighted by Gasteiger charge is -2.35. The molecule has 2 atom stereocenters. The average Bonchev–Trinajstić information content (AvgIpc) is 3.10. The minimum absolute atomic E-state index is 0.113. The summed E-state index contributed by atoms with van der Waals surface area (Å²) in [7, 11) is 4.66. The van der Waals surface area contributed by atoms with Crippen LogP contribution < -0.4 is 24.4 Å². The number of ketones is 1. The van der Waals surface area contributed by atoms with E-state index in [9.17, 15) is 14.0 Å². The highest BCUT2D eigenvalue weighted by Crippen LogP contribution is 2.49. The number of carbonyl (C=O) groups is 2. The molecule has 1 aliphatic heterocycles. The third kappa shape index (κ3) is 4.71. The number of para-hydroxylation sites is 2. The summed E-state index contributed by atoms with van der Waals surface area (Å²) in [6.07, 6.45) is 0.925. The van der Waals surface area contributed by atoms with Crippen molar-refractivity contribution < 1.29 is 28.2 Å². The number of fused-ring (bicyclic) bond motifs is 1. The Morgan fingerprint density at radius 1 is 0.949 bits per heavy atom. The molecule has 1 amide bonds. The number of amides is 1. The largest absolute Gasteiger partial charge is 0.493 e. The maximum absolute atomic E-state index is 14.5. The van der Waals surface area contributed by atoms with Gasteiger partial charge in [-0.3, -0.25) is 14.5 Å². The van der Waals surface area contributed by atoms with Crippen LogP contribution in [0.15, 0.2) is 71.9 Å². The summed E-state index contributed by atoms with van der Waals surface area (Å²) in [5.41, 5.74) is 3.95. The molecule has 3 aromatic rings. The SMILES string of the molecule is CCC(=O)N1c2ccccc2NC2=C(C(=O)C[C@@H](c3cc(OC)c(OC)c(OC)c3)C2)[C@@H]1c1cccc(F)c1. The van der Waals surface area contributed by atoms with Crippen LogP contribution in [0.25, 0.3) is 0 Å². The zero-order valence-corrected chi connectivity index (χ0v) is 22.4. The van der Waals surface area contributed by atoms with E-state index in [-0.39, 0.29) is 30.4 Å². The molecule has 0 unspecified atom stereocenters. The summed E-state index contributed by atoms with van der Waals surface area (Å²) in [5.74, 6) is 0.609. The molecule has 202 valence electrons. The van der Waals surface area contributed by atoms with Crippen LogP contribution in [-0.4, -0.2) is 33.0 Å². The fraction of sp³-hybridized carbons (Fsp3) is 0.290. The maximum atomic E-state index is 14.5. The number of rotatable bonds is 6. The van der Waals surface area contributed by atoms with Gasteiger partial charge in [0, 0.05) is 24.1 Å². The van der Waals surface area contributed by atoms with Crippen molar-refractivity contribution in [2.24, 2.45) is 0 Å². The van der Waals surface area contributed by atoms with Crippen LogP contribution in [0.4, 0.5) is 15.8 Å². The summed E-state index contributed by atoms with van der Waals surface area (Å²) in [6, 6.07) is 16.6. The molecule has 0 saturated carbocycles. The van der Waals surface area contributed by atoms with Gasteiger partial charge in [0.15, 0.2) is 17.3 Å². The van der Waals surface area contributed by atoms with E-state index in [1.165, 1.54) is 12.1 Å². The Labute approximate surface area is 227 Å². The first-order chi connectivity index (χ1) is 18.9. The zero-order chi connectivity index (χ0) is 27.7. The summed E-state index contributed by atoms with van der Waals surface area (Å²) < 4.78 is 31.1. The predicted molar refractivity (Wildman–Crippen MR) is 147 cm³/mol. The van der Waals surface area contributed by atoms with E-state index in [2.05, 4.69) is 5.32 Å². The number of Topliss-reactive ketones (excluding diaryl/α,β-unsaturated/α-hetero) is 1. The Morgan fingerprint density at radius 2 is 1.67 bits per heavy atom. The Hall–Kier alpha value is -4.33. The fourth-order valence-electron chi connectivity index (χ4n) is 5.60. The number of halogens is 1. The van der Waals surface area contributed by atoms with Gasteiger partial charge >= 0.3 is 0 Å². The topological polar surface area (TPSA) is 77.1 Å². The van der Waals surface area contributed by atoms with Gasteiger partial charge in [0.25, 0.3) is 0 Å². The van der Waals surface area contributed by atoms with Crippen molar-refractivity contribution >= 4 is 23.1 Å². The molecule has 2 aliphatic rings. The second-order valence-electron chi connectivity index (χ2n) is 9.60. The molecule has 1 N–H and O–H groups in total. The van der Waals surface area contributed by atoms with Crippen molar-refractivity contribution in [3.63, 3.8) is 0 Å². The third-order valence-electron chi connectivity index (χ3n) is 7.38. The highest BCUT2D eigenvalue weighted by molar-refractivity contribution is 6.06. The van der Waals surface area contributed by atoms with Crippen LogP contribution in [0.2, 0.25) is 0 Å². The van der Waals surface area contributed by atoms with Gasteiger partial charge in [-0.05, 0) is 59.9 Å². The molecule has 1 aliphatic carbocycles. The first-order valence-corrected chi connectivity index (χ1v) is 12.9. The number of nitrogens with one attached hydrogen (secondary N) is 1. The first-order valence-electron chi connectivity index (χ1n) is 12.9. The van der Waals surface area contributed by atoms with E-state index in [1.54, 1.807) is 45.3 Å². The van der Waals surface area contributed by atoms with Crippen LogP contribution in [0.1, 0.15) is 49.3 Å². The number of allylic oxidation sites excluding steroid dienone is 1. The van der Waals surface area contributed by atoms with Crippen LogP contribution in [0.5, 0.6) is 17.2 Å². The molecule has 0 aromatic heterocycles. The predicted octanol–water partition coefficient (Wildman–Crippen LogP) is 6.16. The molecule has 5 rings (SSSR count). The number of methoxy groups -OCH3 is 3. The molecular weight excluding hydrogens is 499 g/mol. The lowest BCUT2D eigenvalue weighted by molar-refractivity contribution is -0.119. The molecule has 3 aromatic carbocycles. The number of anilines is 2. The lowest BCUT2D eigenvalue weighted by Crippen LogP contribution is -2.38. The standard InChI is InChI=1S/C31H31FN2O5/c1-5-28(36)34-24-12-7-6-11-22(24)33-23-14-19(20-16-26(37-2)31(39-4)27(17-20)38-3)15-25(35)29(23)30(34)18-9-8-10-21(32)13-18/h6-13,16-17,19,30,33H,5,14-15H2,1-4H3/t19-,30-/m0/s1. The number of nitrogens with zero attached hydrogens (tertiary/aromatic N) is 1. The number of hydrogen-bond donors (Lipinski definition) is 1. The van der Waals surface area contributed by atoms with Gasteiger partial charge in [-0.2, -0.15) is 0 Å². The molecule has 39 heavy (non-hydrogen) atoms. The van der Waals surface area contributed by atoms with Gasteiger partial charge in [-0.25, -0.2) is 4.39 Å². The van der Waals surface area contributed by atoms with E-state index in [1.807, 2.05) is 36.4 Å². The van der Waals surface area contributed by atoms with Crippen molar-refractivity contribution in [1.82, 2.24) is 0 Å². The smallest absolute Gasteiger partial charge is 0.227 e. The Bertz CT molecular complexity index is 1440. The molecule has 0 fully saturated rings. The minimum atomic E-state index is -0.771. The van der Waals surface area contributed by atoms with E-state index in [0.29, 0.717) is 51.9 Å². The van der Waals surface area contributed by atoms with Crippen molar-refractivity contribution in [3.8, 4) is 17.2 Å². The summed E-state index contributed by atoms with van der Waals surface area (Å²) in [6.45, 7) is 1.78. The minimum Gasteiger partial charge on any atom is -0.493 e. The van der Waals surface area contributed by atoms with E-state index in [0.717, 1.165) is 5.56 Å². The van der Waals surface area contributed by atoms with E-state index >= 15 is 0 Å². The number of hydrogen-bond acceptors (Lipinski definition) is 6. The Morgan fingerprint density at radius 3 is 2.31 bits per heavy atom. The quantitative estimate of drug-likeness (QED) is 0.411. The highest BCUT2D eigenvalue weighted by atomic mass is 19.1. The van der Waals surface area contributed by atoms with Crippen molar-refractivity contribution in [1.29, 1.82) is 0 Å². The van der Waals surface area contributed by atoms with E-state index < -0.39 is 11.9 Å². The van der Waals surface area contributed by atoms with Crippen LogP contribution >= 0.6 is 0 Å². The molecule has 0 radical (unpaired) electrons. The van der Waals surface area contributed by atoms with Crippen molar-refractivity contribution in [3.05, 3.63) is 88.9 Å². The van der Waals surface area contributed by atoms with Crippen LogP contribution in [0, 0.1) is 5.82 Å². The number of benzene rings is 3. The molecular formula is C31H31FN2O5. The van der Waals surface area contributed by atoms with Gasteiger partial charge < -0.3 is 19.5 Å². The highest BCUT2D eigenvalue weighted by Gasteiger charge is 2.41. The van der Waals surface area contributed by atoms with Crippen LogP contribution in [-0.2, 0) is 9.59 Å². The van der Waals surface area contributed by atoms with Gasteiger partial charge in [0.2, 0.25) is 11.7 Å². The van der Waals surface area contributed by atoms with Crippen LogP contribution in [0.3, 0.4) is 0 Å². The second-order valence-corrected chi connectivity index (χ2v) is 9.60. The molecule has 1 heterocycles. The molecule has 7 nitrogen and oxygen atoms in total. The third-order valence-corrected chi connectivity index (χ3v) is 7.38. The molecule has 8 heteroatoms. The van der Waals surface area contributed by atoms with Gasteiger partial charge in [0.1, 0.15) is 5.82 Å². The average molecular weight is 531 g/mol. The Balaban J connectivity index is 1.69. The normalized spacial score (nSPS) is 18.5. The maximum Gasteiger partial charge on any atom is 0.227 e. The summed E-state index contributed by atoms with van der Waals surface area (Å²) in [4.78, 5) is 29.1.